The van der Waals surface area contributed by atoms with Crippen LogP contribution in [0.1, 0.15) is 18.5 Å². The van der Waals surface area contributed by atoms with Crippen molar-refractivity contribution in [3.63, 3.8) is 0 Å². The Kier molecular flexibility index (Phi) is 6.82. The highest BCUT2D eigenvalue weighted by molar-refractivity contribution is 8.00. The van der Waals surface area contributed by atoms with Crippen LogP contribution in [0.5, 0.6) is 11.5 Å². The second-order valence-corrected chi connectivity index (χ2v) is 6.63. The van der Waals surface area contributed by atoms with Gasteiger partial charge in [0.1, 0.15) is 0 Å². The molecule has 128 valence electrons. The lowest BCUT2D eigenvalue weighted by atomic mass is 10.1. The molecule has 0 fully saturated rings. The molecule has 2 aromatic carbocycles. The molecule has 0 unspecified atom stereocenters. The maximum absolute atomic E-state index is 12.1. The van der Waals surface area contributed by atoms with Gasteiger partial charge in [-0.25, -0.2) is 0 Å². The van der Waals surface area contributed by atoms with Crippen molar-refractivity contribution in [3.05, 3.63) is 53.1 Å². The highest BCUT2D eigenvalue weighted by Crippen LogP contribution is 2.30. The van der Waals surface area contributed by atoms with E-state index in [1.54, 1.807) is 14.2 Å². The van der Waals surface area contributed by atoms with Crippen molar-refractivity contribution in [3.8, 4) is 11.5 Å². The molecular formula is C18H20ClNO3S. The summed E-state index contributed by atoms with van der Waals surface area (Å²) in [5.41, 5.74) is 0.956. The zero-order chi connectivity index (χ0) is 17.5. The van der Waals surface area contributed by atoms with E-state index in [1.165, 1.54) is 11.8 Å². The van der Waals surface area contributed by atoms with Crippen LogP contribution in [0.4, 0.5) is 0 Å². The van der Waals surface area contributed by atoms with Crippen molar-refractivity contribution < 1.29 is 14.3 Å². The molecule has 2 rings (SSSR count). The topological polar surface area (TPSA) is 47.6 Å². The molecule has 0 aliphatic heterocycles. The predicted octanol–water partition coefficient (Wildman–Crippen LogP) is 4.33. The average molecular weight is 366 g/mol. The van der Waals surface area contributed by atoms with Gasteiger partial charge in [0.25, 0.3) is 0 Å². The van der Waals surface area contributed by atoms with Gasteiger partial charge in [0.15, 0.2) is 11.5 Å². The van der Waals surface area contributed by atoms with Crippen LogP contribution in [-0.2, 0) is 4.79 Å². The quantitative estimate of drug-likeness (QED) is 0.742. The van der Waals surface area contributed by atoms with E-state index in [4.69, 9.17) is 21.1 Å². The molecule has 1 amide bonds. The lowest BCUT2D eigenvalue weighted by molar-refractivity contribution is -0.119. The van der Waals surface area contributed by atoms with Crippen LogP contribution in [0, 0.1) is 0 Å². The summed E-state index contributed by atoms with van der Waals surface area (Å²) in [6.45, 7) is 1.94. The van der Waals surface area contributed by atoms with Gasteiger partial charge in [-0.3, -0.25) is 4.79 Å². The molecule has 0 saturated heterocycles. The van der Waals surface area contributed by atoms with Crippen LogP contribution >= 0.6 is 23.4 Å². The van der Waals surface area contributed by atoms with E-state index in [0.29, 0.717) is 22.3 Å². The fourth-order valence-electron chi connectivity index (χ4n) is 2.17. The number of carbonyl (C=O) groups excluding carboxylic acids is 1. The molecule has 1 N–H and O–H groups in total. The van der Waals surface area contributed by atoms with Crippen molar-refractivity contribution in [2.45, 2.75) is 17.9 Å². The van der Waals surface area contributed by atoms with Gasteiger partial charge in [-0.2, -0.15) is 0 Å². The second-order valence-electron chi connectivity index (χ2n) is 5.15. The van der Waals surface area contributed by atoms with Crippen LogP contribution < -0.4 is 14.8 Å². The summed E-state index contributed by atoms with van der Waals surface area (Å²) < 4.78 is 10.5. The van der Waals surface area contributed by atoms with Gasteiger partial charge in [-0.15, -0.1) is 11.8 Å². The Morgan fingerprint density at radius 2 is 1.79 bits per heavy atom. The zero-order valence-corrected chi connectivity index (χ0v) is 15.4. The minimum atomic E-state index is -0.122. The van der Waals surface area contributed by atoms with E-state index < -0.39 is 0 Å². The normalized spacial score (nSPS) is 11.7. The fourth-order valence-corrected chi connectivity index (χ4v) is 3.00. The molecule has 4 nitrogen and oxygen atoms in total. The maximum Gasteiger partial charge on any atom is 0.230 e. The molecule has 0 aliphatic rings. The van der Waals surface area contributed by atoms with E-state index in [0.717, 1.165) is 10.5 Å². The molecule has 0 radical (unpaired) electrons. The number of hydrogen-bond acceptors (Lipinski definition) is 4. The van der Waals surface area contributed by atoms with E-state index in [2.05, 4.69) is 5.32 Å². The minimum absolute atomic E-state index is 0.0303. The molecule has 0 aliphatic carbocycles. The zero-order valence-electron chi connectivity index (χ0n) is 13.8. The van der Waals surface area contributed by atoms with Gasteiger partial charge in [0.05, 0.1) is 26.0 Å². The highest BCUT2D eigenvalue weighted by atomic mass is 35.5. The van der Waals surface area contributed by atoms with Gasteiger partial charge >= 0.3 is 0 Å². The van der Waals surface area contributed by atoms with E-state index in [9.17, 15) is 4.79 Å². The molecule has 2 aromatic rings. The first-order valence-electron chi connectivity index (χ1n) is 7.43. The monoisotopic (exact) mass is 365 g/mol. The molecule has 0 spiro atoms. The molecule has 0 saturated carbocycles. The summed E-state index contributed by atoms with van der Waals surface area (Å²) in [6.07, 6.45) is 0. The Bertz CT molecular complexity index is 691. The van der Waals surface area contributed by atoms with E-state index in [1.807, 2.05) is 49.4 Å². The van der Waals surface area contributed by atoms with Crippen molar-refractivity contribution >= 4 is 29.3 Å². The number of thioether (sulfide) groups is 1. The van der Waals surface area contributed by atoms with Crippen LogP contribution in [-0.4, -0.2) is 25.9 Å². The molecule has 1 atom stereocenters. The Hall–Kier alpha value is -1.85. The lowest BCUT2D eigenvalue weighted by Crippen LogP contribution is -2.28. The first-order valence-corrected chi connectivity index (χ1v) is 8.79. The van der Waals surface area contributed by atoms with Gasteiger partial charge in [0, 0.05) is 9.92 Å². The number of benzene rings is 2. The number of methoxy groups -OCH3 is 2. The number of ether oxygens (including phenoxy) is 2. The number of rotatable bonds is 7. The number of amides is 1. The number of halogens is 1. The second kappa shape index (κ2) is 8.85. The van der Waals surface area contributed by atoms with Gasteiger partial charge in [-0.05, 0) is 48.9 Å². The lowest BCUT2D eigenvalue weighted by Gasteiger charge is -2.16. The average Bonchev–Trinajstić information content (AvgIpc) is 2.60. The van der Waals surface area contributed by atoms with E-state index in [-0.39, 0.29) is 11.9 Å². The smallest absolute Gasteiger partial charge is 0.230 e. The Morgan fingerprint density at radius 1 is 1.12 bits per heavy atom. The van der Waals surface area contributed by atoms with Crippen LogP contribution in [0.3, 0.4) is 0 Å². The highest BCUT2D eigenvalue weighted by Gasteiger charge is 2.13. The van der Waals surface area contributed by atoms with Gasteiger partial charge < -0.3 is 14.8 Å². The van der Waals surface area contributed by atoms with E-state index >= 15 is 0 Å². The first kappa shape index (κ1) is 18.5. The molecule has 24 heavy (non-hydrogen) atoms. The van der Waals surface area contributed by atoms with Gasteiger partial charge in [0.2, 0.25) is 5.91 Å². The molecule has 0 heterocycles. The SMILES string of the molecule is COc1ccc([C@H](C)NC(=O)CSc2ccc(Cl)cc2)cc1OC. The predicted molar refractivity (Wildman–Crippen MR) is 98.3 cm³/mol. The molecular weight excluding hydrogens is 346 g/mol. The third kappa shape index (κ3) is 5.08. The Morgan fingerprint density at radius 3 is 2.42 bits per heavy atom. The van der Waals surface area contributed by atoms with Crippen molar-refractivity contribution in [1.29, 1.82) is 0 Å². The van der Waals surface area contributed by atoms with Crippen molar-refractivity contribution in [2.75, 3.05) is 20.0 Å². The Balaban J connectivity index is 1.92. The number of carbonyl (C=O) groups is 1. The maximum atomic E-state index is 12.1. The number of nitrogens with one attached hydrogen (secondary N) is 1. The summed E-state index contributed by atoms with van der Waals surface area (Å²) >= 11 is 7.32. The van der Waals surface area contributed by atoms with Crippen LogP contribution in [0.2, 0.25) is 5.02 Å². The Labute approximate surface area is 151 Å². The van der Waals surface area contributed by atoms with Crippen LogP contribution in [0.25, 0.3) is 0 Å². The molecule has 0 aromatic heterocycles. The minimum Gasteiger partial charge on any atom is -0.493 e. The summed E-state index contributed by atoms with van der Waals surface area (Å²) in [4.78, 5) is 13.1. The number of hydrogen-bond donors (Lipinski definition) is 1. The van der Waals surface area contributed by atoms with Crippen molar-refractivity contribution in [2.24, 2.45) is 0 Å². The van der Waals surface area contributed by atoms with Gasteiger partial charge in [-0.1, -0.05) is 17.7 Å². The standard InChI is InChI=1S/C18H20ClNO3S/c1-12(13-4-9-16(22-2)17(10-13)23-3)20-18(21)11-24-15-7-5-14(19)6-8-15/h4-10,12H,11H2,1-3H3,(H,20,21)/t12-/m0/s1. The first-order chi connectivity index (χ1) is 11.5. The summed E-state index contributed by atoms with van der Waals surface area (Å²) in [6, 6.07) is 12.9. The largest absolute Gasteiger partial charge is 0.493 e. The summed E-state index contributed by atoms with van der Waals surface area (Å²) in [5.74, 6) is 1.63. The summed E-state index contributed by atoms with van der Waals surface area (Å²) in [7, 11) is 3.18. The third-order valence-corrected chi connectivity index (χ3v) is 4.73. The third-order valence-electron chi connectivity index (χ3n) is 3.47. The molecule has 6 heteroatoms. The summed E-state index contributed by atoms with van der Waals surface area (Å²) in [5, 5.41) is 3.67. The molecule has 0 bridgehead atoms. The van der Waals surface area contributed by atoms with Crippen LogP contribution in [0.15, 0.2) is 47.4 Å². The fraction of sp³-hybridized carbons (Fsp3) is 0.278. The van der Waals surface area contributed by atoms with Crippen molar-refractivity contribution in [1.82, 2.24) is 5.32 Å².